The minimum absolute atomic E-state index is 0.00852. The summed E-state index contributed by atoms with van der Waals surface area (Å²) in [4.78, 5) is 7.78. The molecule has 7 heteroatoms. The molecule has 2 aromatic rings. The number of hydrogen-bond acceptors (Lipinski definition) is 5. The lowest BCUT2D eigenvalue weighted by Gasteiger charge is -2.05. The molecule has 0 spiro atoms. The Balaban J connectivity index is 2.39. The van der Waals surface area contributed by atoms with Crippen molar-refractivity contribution in [1.29, 1.82) is 0 Å². The van der Waals surface area contributed by atoms with Crippen LogP contribution in [-0.4, -0.2) is 25.5 Å². The molecule has 0 bridgehead atoms. The Hall–Kier alpha value is -1.92. The number of hydrogen-bond donors (Lipinski definition) is 0. The molecule has 2 heterocycles. The van der Waals surface area contributed by atoms with E-state index in [1.807, 2.05) is 0 Å². The van der Waals surface area contributed by atoms with Crippen molar-refractivity contribution < 1.29 is 13.2 Å². The first kappa shape index (κ1) is 14.5. The molecular weight excluding hydrogens is 300 g/mol. The summed E-state index contributed by atoms with van der Waals surface area (Å²) in [7, 11) is -2.29. The van der Waals surface area contributed by atoms with Crippen LogP contribution in [0.15, 0.2) is 47.1 Å². The fraction of sp³-hybridized carbons (Fsp3) is 0.0769. The molecule has 0 aliphatic heterocycles. The Morgan fingerprint density at radius 3 is 2.80 bits per heavy atom. The molecular formula is C13H11ClN2O3S. The van der Waals surface area contributed by atoms with Crippen LogP contribution >= 0.6 is 11.6 Å². The van der Waals surface area contributed by atoms with E-state index in [1.54, 1.807) is 12.1 Å². The van der Waals surface area contributed by atoms with E-state index in [1.165, 1.54) is 37.8 Å². The van der Waals surface area contributed by atoms with Gasteiger partial charge >= 0.3 is 0 Å². The van der Waals surface area contributed by atoms with Crippen LogP contribution in [0.25, 0.3) is 6.08 Å². The summed E-state index contributed by atoms with van der Waals surface area (Å²) in [6.07, 6.45) is 5.56. The highest BCUT2D eigenvalue weighted by molar-refractivity contribution is 7.94. The van der Waals surface area contributed by atoms with Crippen molar-refractivity contribution in [2.24, 2.45) is 0 Å². The molecule has 2 rings (SSSR count). The normalized spacial score (nSPS) is 11.7. The Bertz CT molecular complexity index is 745. The zero-order chi connectivity index (χ0) is 14.6. The van der Waals surface area contributed by atoms with Gasteiger partial charge in [0, 0.05) is 24.0 Å². The number of rotatable bonds is 4. The minimum Gasteiger partial charge on any atom is -0.495 e. The number of nitrogens with zero attached hydrogens (tertiary/aromatic N) is 2. The largest absolute Gasteiger partial charge is 0.495 e. The van der Waals surface area contributed by atoms with Crippen molar-refractivity contribution in [2.45, 2.75) is 4.90 Å². The smallest absolute Gasteiger partial charge is 0.205 e. The molecule has 0 radical (unpaired) electrons. The summed E-state index contributed by atoms with van der Waals surface area (Å²) >= 11 is 5.91. The lowest BCUT2D eigenvalue weighted by Crippen LogP contribution is -2.00. The van der Waals surface area contributed by atoms with E-state index < -0.39 is 9.84 Å². The van der Waals surface area contributed by atoms with E-state index in [4.69, 9.17) is 16.3 Å². The summed E-state index contributed by atoms with van der Waals surface area (Å²) in [5, 5.41) is 1.40. The number of ether oxygens (including phenoxy) is 1. The average Bonchev–Trinajstić information content (AvgIpc) is 2.46. The summed E-state index contributed by atoms with van der Waals surface area (Å²) in [5.74, 6) is 0.233. The first-order valence-electron chi connectivity index (χ1n) is 5.56. The van der Waals surface area contributed by atoms with E-state index in [2.05, 4.69) is 9.97 Å². The number of halogens is 1. The third kappa shape index (κ3) is 3.15. The molecule has 2 aromatic heterocycles. The van der Waals surface area contributed by atoms with Crippen molar-refractivity contribution in [3.63, 3.8) is 0 Å². The van der Waals surface area contributed by atoms with Crippen LogP contribution in [-0.2, 0) is 9.84 Å². The van der Waals surface area contributed by atoms with Crippen LogP contribution in [0, 0.1) is 0 Å². The van der Waals surface area contributed by atoms with Crippen molar-refractivity contribution in [1.82, 2.24) is 9.97 Å². The number of pyridine rings is 2. The molecule has 0 unspecified atom stereocenters. The maximum atomic E-state index is 12.2. The fourth-order valence-electron chi connectivity index (χ4n) is 1.50. The highest BCUT2D eigenvalue weighted by atomic mass is 35.5. The van der Waals surface area contributed by atoms with Gasteiger partial charge in [-0.05, 0) is 24.3 Å². The Morgan fingerprint density at radius 1 is 1.30 bits per heavy atom. The van der Waals surface area contributed by atoms with Gasteiger partial charge in [-0.1, -0.05) is 11.6 Å². The second-order valence-corrected chi connectivity index (χ2v) is 5.95. The standard InChI is InChI=1S/C13H11ClN2O3S/c1-19-12-4-7-15-9-13(12)20(17,18)8-5-11-10(14)3-2-6-16-11/h2-9H,1H3/b8-5+. The lowest BCUT2D eigenvalue weighted by atomic mass is 10.3. The van der Waals surface area contributed by atoms with Gasteiger partial charge in [-0.25, -0.2) is 8.42 Å². The Kier molecular flexibility index (Phi) is 4.36. The van der Waals surface area contributed by atoms with Gasteiger partial charge in [-0.15, -0.1) is 0 Å². The molecule has 0 N–H and O–H groups in total. The van der Waals surface area contributed by atoms with Gasteiger partial charge in [0.2, 0.25) is 9.84 Å². The van der Waals surface area contributed by atoms with Crippen LogP contribution < -0.4 is 4.74 Å². The van der Waals surface area contributed by atoms with Gasteiger partial charge in [0.1, 0.15) is 10.6 Å². The van der Waals surface area contributed by atoms with Crippen molar-refractivity contribution >= 4 is 27.5 Å². The Labute approximate surface area is 121 Å². The fourth-order valence-corrected chi connectivity index (χ4v) is 2.78. The van der Waals surface area contributed by atoms with Gasteiger partial charge in [-0.3, -0.25) is 9.97 Å². The number of methoxy groups -OCH3 is 1. The molecule has 0 saturated carbocycles. The molecule has 0 aliphatic carbocycles. The van der Waals surface area contributed by atoms with Crippen LogP contribution in [0.2, 0.25) is 5.02 Å². The second kappa shape index (κ2) is 6.02. The van der Waals surface area contributed by atoms with Crippen LogP contribution in [0.1, 0.15) is 5.69 Å². The van der Waals surface area contributed by atoms with E-state index in [9.17, 15) is 8.42 Å². The van der Waals surface area contributed by atoms with Crippen LogP contribution in [0.4, 0.5) is 0 Å². The maximum Gasteiger partial charge on any atom is 0.205 e. The first-order valence-corrected chi connectivity index (χ1v) is 7.49. The van der Waals surface area contributed by atoms with Gasteiger partial charge in [-0.2, -0.15) is 0 Å². The van der Waals surface area contributed by atoms with Gasteiger partial charge < -0.3 is 4.74 Å². The van der Waals surface area contributed by atoms with Crippen LogP contribution in [0.3, 0.4) is 0 Å². The molecule has 104 valence electrons. The molecule has 5 nitrogen and oxygen atoms in total. The zero-order valence-corrected chi connectivity index (χ0v) is 12.1. The molecule has 0 saturated heterocycles. The zero-order valence-electron chi connectivity index (χ0n) is 10.5. The molecule has 0 aromatic carbocycles. The molecule has 0 aliphatic rings. The van der Waals surface area contributed by atoms with E-state index in [-0.39, 0.29) is 10.6 Å². The average molecular weight is 311 g/mol. The highest BCUT2D eigenvalue weighted by Gasteiger charge is 2.16. The molecule has 0 fully saturated rings. The highest BCUT2D eigenvalue weighted by Crippen LogP contribution is 2.24. The van der Waals surface area contributed by atoms with E-state index >= 15 is 0 Å². The van der Waals surface area contributed by atoms with E-state index in [0.717, 1.165) is 5.41 Å². The SMILES string of the molecule is COc1ccncc1S(=O)(=O)/C=C/c1ncccc1Cl. The Morgan fingerprint density at radius 2 is 2.10 bits per heavy atom. The summed E-state index contributed by atoms with van der Waals surface area (Å²) < 4.78 is 29.5. The third-order valence-corrected chi connectivity index (χ3v) is 4.20. The van der Waals surface area contributed by atoms with Crippen molar-refractivity contribution in [3.05, 3.63) is 52.9 Å². The van der Waals surface area contributed by atoms with Crippen molar-refractivity contribution in [3.8, 4) is 5.75 Å². The predicted octanol–water partition coefficient (Wildman–Crippen LogP) is 2.58. The molecule has 0 amide bonds. The second-order valence-electron chi connectivity index (χ2n) is 3.74. The van der Waals surface area contributed by atoms with Gasteiger partial charge in [0.25, 0.3) is 0 Å². The summed E-state index contributed by atoms with van der Waals surface area (Å²) in [5.41, 5.74) is 0.376. The minimum atomic E-state index is -3.68. The molecule has 0 atom stereocenters. The molecule has 20 heavy (non-hydrogen) atoms. The summed E-state index contributed by atoms with van der Waals surface area (Å²) in [6.45, 7) is 0. The van der Waals surface area contributed by atoms with E-state index in [0.29, 0.717) is 10.7 Å². The van der Waals surface area contributed by atoms with Crippen LogP contribution in [0.5, 0.6) is 5.75 Å². The van der Waals surface area contributed by atoms with Gasteiger partial charge in [0.05, 0.1) is 17.8 Å². The maximum absolute atomic E-state index is 12.2. The summed E-state index contributed by atoms with van der Waals surface area (Å²) in [6, 6.07) is 4.78. The first-order chi connectivity index (χ1) is 9.54. The number of sulfone groups is 1. The monoisotopic (exact) mass is 310 g/mol. The predicted molar refractivity (Wildman–Crippen MR) is 76.3 cm³/mol. The third-order valence-electron chi connectivity index (χ3n) is 2.47. The lowest BCUT2D eigenvalue weighted by molar-refractivity contribution is 0.402. The number of aromatic nitrogens is 2. The topological polar surface area (TPSA) is 69.2 Å². The quantitative estimate of drug-likeness (QED) is 0.868. The van der Waals surface area contributed by atoms with Gasteiger partial charge in [0.15, 0.2) is 0 Å². The van der Waals surface area contributed by atoms with Crippen molar-refractivity contribution in [2.75, 3.05) is 7.11 Å².